The highest BCUT2D eigenvalue weighted by atomic mass is 16.5. The van der Waals surface area contributed by atoms with Crippen LogP contribution in [-0.4, -0.2) is 62.2 Å². The van der Waals surface area contributed by atoms with Crippen LogP contribution in [0.1, 0.15) is 48.3 Å². The largest absolute Gasteiger partial charge is 0.493 e. The van der Waals surface area contributed by atoms with Crippen LogP contribution in [0.15, 0.2) is 84.9 Å². The standard InChI is InChI=1S/C34H42N2O3/c1-35-19-15-28(16-20-35)25-38-32-14-8-13-31(23-32)33(30-11-6-3-7-12-30)34(37)39-26-29-17-21-36(22-18-29)24-27-9-4-2-5-10-27/h2-14,23,28-29,33H,15-22,24-26H2,1H3. The molecule has 0 saturated carbocycles. The van der Waals surface area contributed by atoms with Crippen molar-refractivity contribution in [3.8, 4) is 5.75 Å². The molecule has 5 nitrogen and oxygen atoms in total. The molecular formula is C34H42N2O3. The summed E-state index contributed by atoms with van der Waals surface area (Å²) in [5, 5.41) is 0. The van der Waals surface area contributed by atoms with Crippen molar-refractivity contribution in [2.75, 3.05) is 46.4 Å². The van der Waals surface area contributed by atoms with E-state index in [1.54, 1.807) is 0 Å². The molecule has 2 heterocycles. The number of hydrogen-bond donors (Lipinski definition) is 0. The molecule has 1 atom stereocenters. The maximum atomic E-state index is 13.6. The Labute approximate surface area is 233 Å². The first kappa shape index (κ1) is 27.4. The minimum Gasteiger partial charge on any atom is -0.493 e. The van der Waals surface area contributed by atoms with E-state index in [0.717, 1.165) is 69.0 Å². The molecule has 3 aromatic rings. The number of esters is 1. The van der Waals surface area contributed by atoms with Crippen molar-refractivity contribution >= 4 is 5.97 Å². The van der Waals surface area contributed by atoms with Gasteiger partial charge in [-0.2, -0.15) is 0 Å². The van der Waals surface area contributed by atoms with Gasteiger partial charge in [-0.15, -0.1) is 0 Å². The normalized spacial score (nSPS) is 18.5. The molecule has 0 bridgehead atoms. The average Bonchev–Trinajstić information content (AvgIpc) is 2.98. The predicted octanol–water partition coefficient (Wildman–Crippen LogP) is 5.99. The van der Waals surface area contributed by atoms with Crippen molar-refractivity contribution in [3.63, 3.8) is 0 Å². The van der Waals surface area contributed by atoms with E-state index in [4.69, 9.17) is 9.47 Å². The predicted molar refractivity (Wildman–Crippen MR) is 156 cm³/mol. The molecule has 0 aromatic heterocycles. The van der Waals surface area contributed by atoms with Crippen LogP contribution in [0.4, 0.5) is 0 Å². The summed E-state index contributed by atoms with van der Waals surface area (Å²) in [5.41, 5.74) is 3.23. The number of carbonyl (C=O) groups excluding carboxylic acids is 1. The fraction of sp³-hybridized carbons (Fsp3) is 0.441. The number of rotatable bonds is 10. The average molecular weight is 527 g/mol. The Hall–Kier alpha value is -3.15. The molecule has 2 saturated heterocycles. The zero-order valence-electron chi connectivity index (χ0n) is 23.2. The van der Waals surface area contributed by atoms with Crippen molar-refractivity contribution < 1.29 is 14.3 Å². The Morgan fingerprint density at radius 1 is 0.769 bits per heavy atom. The van der Waals surface area contributed by atoms with Gasteiger partial charge < -0.3 is 14.4 Å². The molecule has 1 unspecified atom stereocenters. The van der Waals surface area contributed by atoms with Crippen molar-refractivity contribution in [2.24, 2.45) is 11.8 Å². The summed E-state index contributed by atoms with van der Waals surface area (Å²) in [5.74, 6) is 1.17. The second-order valence-corrected chi connectivity index (χ2v) is 11.3. The molecule has 3 aromatic carbocycles. The molecule has 0 radical (unpaired) electrons. The second-order valence-electron chi connectivity index (χ2n) is 11.3. The van der Waals surface area contributed by atoms with Crippen LogP contribution in [-0.2, 0) is 16.1 Å². The Balaban J connectivity index is 1.18. The van der Waals surface area contributed by atoms with Gasteiger partial charge in [-0.25, -0.2) is 0 Å². The van der Waals surface area contributed by atoms with Crippen LogP contribution in [0.25, 0.3) is 0 Å². The van der Waals surface area contributed by atoms with E-state index in [1.165, 1.54) is 18.4 Å². The van der Waals surface area contributed by atoms with Gasteiger partial charge in [0.05, 0.1) is 13.2 Å². The van der Waals surface area contributed by atoms with Gasteiger partial charge in [0, 0.05) is 6.54 Å². The topological polar surface area (TPSA) is 42.0 Å². The van der Waals surface area contributed by atoms with Gasteiger partial charge >= 0.3 is 5.97 Å². The van der Waals surface area contributed by atoms with E-state index in [-0.39, 0.29) is 5.97 Å². The van der Waals surface area contributed by atoms with Gasteiger partial charge in [-0.1, -0.05) is 72.8 Å². The molecule has 5 rings (SSSR count). The van der Waals surface area contributed by atoms with Crippen LogP contribution >= 0.6 is 0 Å². The molecule has 2 aliphatic rings. The molecule has 0 spiro atoms. The van der Waals surface area contributed by atoms with Gasteiger partial charge in [-0.05, 0) is 99.6 Å². The SMILES string of the molecule is CN1CCC(COc2cccc(C(C(=O)OCC3CCN(Cc4ccccc4)CC3)c3ccccc3)c2)CC1. The molecule has 0 aliphatic carbocycles. The van der Waals surface area contributed by atoms with Crippen LogP contribution < -0.4 is 4.74 Å². The molecule has 206 valence electrons. The molecule has 0 amide bonds. The van der Waals surface area contributed by atoms with Gasteiger partial charge in [0.25, 0.3) is 0 Å². The lowest BCUT2D eigenvalue weighted by atomic mass is 9.91. The van der Waals surface area contributed by atoms with Crippen molar-refractivity contribution in [3.05, 3.63) is 102 Å². The summed E-state index contributed by atoms with van der Waals surface area (Å²) in [6, 6.07) is 28.6. The number of nitrogens with zero attached hydrogens (tertiary/aromatic N) is 2. The number of hydrogen-bond acceptors (Lipinski definition) is 5. The number of piperidine rings is 2. The van der Waals surface area contributed by atoms with E-state index in [2.05, 4.69) is 47.2 Å². The van der Waals surface area contributed by atoms with E-state index >= 15 is 0 Å². The van der Waals surface area contributed by atoms with E-state index in [0.29, 0.717) is 18.4 Å². The van der Waals surface area contributed by atoms with E-state index in [1.807, 2.05) is 54.6 Å². The Bertz CT molecular complexity index is 1150. The minimum absolute atomic E-state index is 0.180. The molecular weight excluding hydrogens is 484 g/mol. The van der Waals surface area contributed by atoms with Crippen LogP contribution in [0.2, 0.25) is 0 Å². The number of benzene rings is 3. The first-order valence-electron chi connectivity index (χ1n) is 14.5. The third kappa shape index (κ3) is 7.93. The molecule has 0 N–H and O–H groups in total. The Kier molecular flexibility index (Phi) is 9.68. The first-order valence-corrected chi connectivity index (χ1v) is 14.5. The summed E-state index contributed by atoms with van der Waals surface area (Å²) >= 11 is 0. The maximum Gasteiger partial charge on any atom is 0.317 e. The quantitative estimate of drug-likeness (QED) is 0.303. The summed E-state index contributed by atoms with van der Waals surface area (Å²) < 4.78 is 12.2. The smallest absolute Gasteiger partial charge is 0.317 e. The highest BCUT2D eigenvalue weighted by molar-refractivity contribution is 5.82. The lowest BCUT2D eigenvalue weighted by molar-refractivity contribution is -0.146. The summed E-state index contributed by atoms with van der Waals surface area (Å²) in [7, 11) is 2.18. The molecule has 5 heteroatoms. The van der Waals surface area contributed by atoms with Crippen LogP contribution in [0, 0.1) is 11.8 Å². The Morgan fingerprint density at radius 2 is 1.38 bits per heavy atom. The van der Waals surface area contributed by atoms with E-state index in [9.17, 15) is 4.79 Å². The van der Waals surface area contributed by atoms with Crippen LogP contribution in [0.3, 0.4) is 0 Å². The van der Waals surface area contributed by atoms with E-state index < -0.39 is 5.92 Å². The fourth-order valence-electron chi connectivity index (χ4n) is 5.77. The second kappa shape index (κ2) is 13.8. The van der Waals surface area contributed by atoms with Crippen molar-refractivity contribution in [2.45, 2.75) is 38.1 Å². The highest BCUT2D eigenvalue weighted by Crippen LogP contribution is 2.30. The molecule has 2 fully saturated rings. The van der Waals surface area contributed by atoms with Crippen molar-refractivity contribution in [1.29, 1.82) is 0 Å². The monoisotopic (exact) mass is 526 g/mol. The number of likely N-dealkylation sites (tertiary alicyclic amines) is 2. The zero-order chi connectivity index (χ0) is 26.9. The zero-order valence-corrected chi connectivity index (χ0v) is 23.2. The number of carbonyl (C=O) groups is 1. The molecule has 2 aliphatic heterocycles. The van der Waals surface area contributed by atoms with Crippen LogP contribution in [0.5, 0.6) is 5.75 Å². The fourth-order valence-corrected chi connectivity index (χ4v) is 5.77. The van der Waals surface area contributed by atoms with Gasteiger partial charge in [0.2, 0.25) is 0 Å². The number of ether oxygens (including phenoxy) is 2. The van der Waals surface area contributed by atoms with Gasteiger partial charge in [-0.3, -0.25) is 9.69 Å². The third-order valence-corrected chi connectivity index (χ3v) is 8.30. The minimum atomic E-state index is -0.462. The lowest BCUT2D eigenvalue weighted by Crippen LogP contribution is -2.35. The van der Waals surface area contributed by atoms with Crippen molar-refractivity contribution in [1.82, 2.24) is 9.80 Å². The highest BCUT2D eigenvalue weighted by Gasteiger charge is 2.27. The first-order chi connectivity index (χ1) is 19.1. The summed E-state index contributed by atoms with van der Waals surface area (Å²) in [6.45, 7) is 6.52. The maximum absolute atomic E-state index is 13.6. The summed E-state index contributed by atoms with van der Waals surface area (Å²) in [4.78, 5) is 18.4. The summed E-state index contributed by atoms with van der Waals surface area (Å²) in [6.07, 6.45) is 4.44. The molecule has 39 heavy (non-hydrogen) atoms. The lowest BCUT2D eigenvalue weighted by Gasteiger charge is -2.32. The third-order valence-electron chi connectivity index (χ3n) is 8.30. The van der Waals surface area contributed by atoms with Gasteiger partial charge in [0.1, 0.15) is 11.7 Å². The Morgan fingerprint density at radius 3 is 2.10 bits per heavy atom. The van der Waals surface area contributed by atoms with Gasteiger partial charge in [0.15, 0.2) is 0 Å².